The smallest absolute Gasteiger partial charge is 0.480 e. The standard InChI is InChI=1S/C26H44F3N5O3/c27-26(28,29)37-20-16-18-6-4-10-30-23(18)22(17-20)32-11-5-12-33(15-14-32)24(25(35)36)21-9-13-34(31-21)19-7-2-1-3-8-19/h18-24,30-31H,1-17H2,(H,35,36). The lowest BCUT2D eigenvalue weighted by molar-refractivity contribution is -0.348. The van der Waals surface area contributed by atoms with Crippen LogP contribution in [0.1, 0.15) is 70.6 Å². The summed E-state index contributed by atoms with van der Waals surface area (Å²) in [6, 6.07) is -0.0662. The summed E-state index contributed by atoms with van der Waals surface area (Å²) in [4.78, 5) is 16.9. The number of rotatable bonds is 6. The first-order valence-corrected chi connectivity index (χ1v) is 14.5. The van der Waals surface area contributed by atoms with Gasteiger partial charge < -0.3 is 10.4 Å². The Labute approximate surface area is 218 Å². The number of hydrogen-bond acceptors (Lipinski definition) is 7. The van der Waals surface area contributed by atoms with Crippen molar-refractivity contribution in [1.29, 1.82) is 0 Å². The van der Waals surface area contributed by atoms with Crippen LogP contribution in [-0.4, -0.2) is 108 Å². The Morgan fingerprint density at radius 2 is 1.73 bits per heavy atom. The summed E-state index contributed by atoms with van der Waals surface area (Å²) in [7, 11) is 0. The molecule has 11 heteroatoms. The highest BCUT2D eigenvalue weighted by molar-refractivity contribution is 5.74. The second-order valence-electron chi connectivity index (χ2n) is 11.8. The van der Waals surface area contributed by atoms with E-state index in [1.807, 2.05) is 0 Å². The SMILES string of the molecule is O=C(O)C(C1CCN(C2CCCCC2)N1)N1CCCN(C2CC(OC(F)(F)F)CC3CCCNC32)CC1. The summed E-state index contributed by atoms with van der Waals surface area (Å²) in [5, 5.41) is 16.1. The molecule has 3 N–H and O–H groups in total. The van der Waals surface area contributed by atoms with E-state index in [1.54, 1.807) is 0 Å². The third kappa shape index (κ3) is 6.78. The molecule has 0 radical (unpaired) electrons. The molecule has 3 saturated heterocycles. The molecule has 0 spiro atoms. The molecule has 37 heavy (non-hydrogen) atoms. The van der Waals surface area contributed by atoms with Crippen LogP contribution in [0.15, 0.2) is 0 Å². The zero-order valence-corrected chi connectivity index (χ0v) is 21.8. The van der Waals surface area contributed by atoms with Crippen molar-refractivity contribution in [2.75, 3.05) is 39.3 Å². The molecule has 3 aliphatic heterocycles. The first kappa shape index (κ1) is 27.6. The van der Waals surface area contributed by atoms with E-state index in [-0.39, 0.29) is 24.0 Å². The molecule has 0 aromatic carbocycles. The summed E-state index contributed by atoms with van der Waals surface area (Å²) in [6.07, 6.45) is 5.02. The number of carboxylic acid groups (broad SMARTS) is 1. The minimum absolute atomic E-state index is 0.0268. The van der Waals surface area contributed by atoms with Crippen LogP contribution in [0.25, 0.3) is 0 Å². The molecule has 2 saturated carbocycles. The highest BCUT2D eigenvalue weighted by Gasteiger charge is 2.46. The van der Waals surface area contributed by atoms with Crippen molar-refractivity contribution < 1.29 is 27.8 Å². The summed E-state index contributed by atoms with van der Waals surface area (Å²) >= 11 is 0. The Morgan fingerprint density at radius 3 is 2.49 bits per heavy atom. The monoisotopic (exact) mass is 531 g/mol. The molecule has 0 aromatic rings. The molecule has 6 atom stereocenters. The van der Waals surface area contributed by atoms with E-state index in [1.165, 1.54) is 32.1 Å². The Morgan fingerprint density at radius 1 is 0.919 bits per heavy atom. The van der Waals surface area contributed by atoms with E-state index in [0.717, 1.165) is 45.3 Å². The quantitative estimate of drug-likeness (QED) is 0.483. The largest absolute Gasteiger partial charge is 0.522 e. The molecule has 5 fully saturated rings. The maximum atomic E-state index is 13.1. The zero-order valence-electron chi connectivity index (χ0n) is 21.8. The molecule has 5 rings (SSSR count). The second kappa shape index (κ2) is 12.0. The fourth-order valence-corrected chi connectivity index (χ4v) is 7.88. The molecule has 8 nitrogen and oxygen atoms in total. The maximum absolute atomic E-state index is 13.1. The van der Waals surface area contributed by atoms with Crippen molar-refractivity contribution >= 4 is 5.97 Å². The number of ether oxygens (including phenoxy) is 1. The third-order valence-corrected chi connectivity index (χ3v) is 9.51. The van der Waals surface area contributed by atoms with Crippen molar-refractivity contribution in [2.45, 2.75) is 113 Å². The lowest BCUT2D eigenvalue weighted by atomic mass is 9.74. The van der Waals surface area contributed by atoms with Crippen molar-refractivity contribution in [1.82, 2.24) is 25.6 Å². The number of alkyl halides is 3. The van der Waals surface area contributed by atoms with E-state index in [0.29, 0.717) is 38.5 Å². The molecular weight excluding hydrogens is 487 g/mol. The van der Waals surface area contributed by atoms with Crippen LogP contribution in [0.5, 0.6) is 0 Å². The van der Waals surface area contributed by atoms with Gasteiger partial charge in [-0.15, -0.1) is 13.2 Å². The van der Waals surface area contributed by atoms with Crippen LogP contribution in [0, 0.1) is 5.92 Å². The van der Waals surface area contributed by atoms with Crippen molar-refractivity contribution in [2.24, 2.45) is 5.92 Å². The summed E-state index contributed by atoms with van der Waals surface area (Å²) in [5.41, 5.74) is 3.56. The number of nitrogens with one attached hydrogen (secondary N) is 2. The fraction of sp³-hybridized carbons (Fsp3) is 0.962. The van der Waals surface area contributed by atoms with Gasteiger partial charge in [0.25, 0.3) is 0 Å². The normalized spacial score (nSPS) is 36.7. The van der Waals surface area contributed by atoms with Crippen molar-refractivity contribution in [3.8, 4) is 0 Å². The van der Waals surface area contributed by atoms with Crippen molar-refractivity contribution in [3.63, 3.8) is 0 Å². The van der Waals surface area contributed by atoms with E-state index >= 15 is 0 Å². The second-order valence-corrected chi connectivity index (χ2v) is 11.8. The summed E-state index contributed by atoms with van der Waals surface area (Å²) < 4.78 is 43.8. The number of halogens is 3. The lowest BCUT2D eigenvalue weighted by Crippen LogP contribution is -2.61. The van der Waals surface area contributed by atoms with Gasteiger partial charge in [-0.05, 0) is 70.4 Å². The number of piperidine rings is 1. The van der Waals surface area contributed by atoms with Crippen LogP contribution in [0.3, 0.4) is 0 Å². The van der Waals surface area contributed by atoms with E-state index < -0.39 is 24.5 Å². The van der Waals surface area contributed by atoms with Crippen LogP contribution in [0.2, 0.25) is 0 Å². The highest BCUT2D eigenvalue weighted by Crippen LogP contribution is 2.38. The zero-order chi connectivity index (χ0) is 26.0. The van der Waals surface area contributed by atoms with E-state index in [9.17, 15) is 23.1 Å². The van der Waals surface area contributed by atoms with Gasteiger partial charge in [0, 0.05) is 50.3 Å². The molecule has 0 aromatic heterocycles. The number of hydrogen-bond donors (Lipinski definition) is 3. The van der Waals surface area contributed by atoms with Gasteiger partial charge in [-0.2, -0.15) is 0 Å². The molecule has 5 aliphatic rings. The predicted molar refractivity (Wildman–Crippen MR) is 133 cm³/mol. The summed E-state index contributed by atoms with van der Waals surface area (Å²) in [6.45, 7) is 4.51. The number of carboxylic acids is 1. The number of carbonyl (C=O) groups is 1. The number of aliphatic carboxylic acids is 1. The van der Waals surface area contributed by atoms with Gasteiger partial charge in [-0.3, -0.25) is 19.3 Å². The van der Waals surface area contributed by atoms with Gasteiger partial charge in [-0.1, -0.05) is 19.3 Å². The fourth-order valence-electron chi connectivity index (χ4n) is 7.88. The Kier molecular flexibility index (Phi) is 8.98. The third-order valence-electron chi connectivity index (χ3n) is 9.51. The Hall–Kier alpha value is -0.980. The van der Waals surface area contributed by atoms with E-state index in [4.69, 9.17) is 0 Å². The van der Waals surface area contributed by atoms with Gasteiger partial charge in [0.2, 0.25) is 0 Å². The van der Waals surface area contributed by atoms with Gasteiger partial charge in [0.05, 0.1) is 6.10 Å². The van der Waals surface area contributed by atoms with Gasteiger partial charge in [-0.25, -0.2) is 10.4 Å². The first-order valence-electron chi connectivity index (χ1n) is 14.5. The van der Waals surface area contributed by atoms with Gasteiger partial charge in [0.15, 0.2) is 0 Å². The molecule has 6 unspecified atom stereocenters. The molecule has 212 valence electrons. The topological polar surface area (TPSA) is 80.3 Å². The number of hydrazine groups is 1. The molecule has 0 amide bonds. The number of fused-ring (bicyclic) bond motifs is 1. The van der Waals surface area contributed by atoms with Crippen molar-refractivity contribution in [3.05, 3.63) is 0 Å². The molecular formula is C26H44F3N5O3. The van der Waals surface area contributed by atoms with Gasteiger partial charge >= 0.3 is 12.3 Å². The Balaban J connectivity index is 1.22. The van der Waals surface area contributed by atoms with Crippen LogP contribution in [-0.2, 0) is 9.53 Å². The maximum Gasteiger partial charge on any atom is 0.522 e. The van der Waals surface area contributed by atoms with Crippen LogP contribution in [0.4, 0.5) is 13.2 Å². The molecule has 0 bridgehead atoms. The number of nitrogens with zero attached hydrogens (tertiary/aromatic N) is 3. The minimum atomic E-state index is -4.62. The van der Waals surface area contributed by atoms with Gasteiger partial charge in [0.1, 0.15) is 6.04 Å². The van der Waals surface area contributed by atoms with Crippen LogP contribution >= 0.6 is 0 Å². The average Bonchev–Trinajstić information content (AvgIpc) is 3.21. The predicted octanol–water partition coefficient (Wildman–Crippen LogP) is 2.79. The van der Waals surface area contributed by atoms with Crippen LogP contribution < -0.4 is 10.7 Å². The highest BCUT2D eigenvalue weighted by atomic mass is 19.4. The average molecular weight is 532 g/mol. The molecule has 3 heterocycles. The lowest BCUT2D eigenvalue weighted by Gasteiger charge is -2.48. The summed E-state index contributed by atoms with van der Waals surface area (Å²) in [5.74, 6) is -0.610. The molecule has 2 aliphatic carbocycles. The van der Waals surface area contributed by atoms with E-state index in [2.05, 4.69) is 30.3 Å². The first-order chi connectivity index (χ1) is 17.8. The Bertz CT molecular complexity index is 768. The minimum Gasteiger partial charge on any atom is -0.480 e.